The summed E-state index contributed by atoms with van der Waals surface area (Å²) in [6.45, 7) is 1.40. The van der Waals surface area contributed by atoms with Crippen LogP contribution < -0.4 is 10.6 Å². The van der Waals surface area contributed by atoms with Gasteiger partial charge in [-0.2, -0.15) is 18.3 Å². The number of nitrogens with zero attached hydrogens (tertiary/aromatic N) is 3. The molecule has 2 N–H and O–H groups in total. The van der Waals surface area contributed by atoms with Gasteiger partial charge in [-0.3, -0.25) is 9.69 Å². The Hall–Kier alpha value is -2.38. The van der Waals surface area contributed by atoms with Gasteiger partial charge in [0.15, 0.2) is 0 Å². The summed E-state index contributed by atoms with van der Waals surface area (Å²) in [7, 11) is 2.14. The first-order chi connectivity index (χ1) is 14.7. The number of halogens is 3. The Morgan fingerprint density at radius 1 is 1.29 bits per heavy atom. The van der Waals surface area contributed by atoms with Gasteiger partial charge in [0.25, 0.3) is 0 Å². The molecule has 6 nitrogen and oxygen atoms in total. The largest absolute Gasteiger partial charge is 0.446 e. The molecule has 0 aromatic carbocycles. The molecule has 0 unspecified atom stereocenters. The molecule has 10 heteroatoms. The fourth-order valence-electron chi connectivity index (χ4n) is 4.55. The van der Waals surface area contributed by atoms with Gasteiger partial charge >= 0.3 is 5.51 Å². The topological polar surface area (TPSA) is 61.7 Å². The Kier molecular flexibility index (Phi) is 6.08. The average Bonchev–Trinajstić information content (AvgIpc) is 3.13. The van der Waals surface area contributed by atoms with E-state index < -0.39 is 5.51 Å². The van der Waals surface area contributed by atoms with Crippen molar-refractivity contribution >= 4 is 29.0 Å². The van der Waals surface area contributed by atoms with Gasteiger partial charge in [0, 0.05) is 25.0 Å². The fourth-order valence-corrected chi connectivity index (χ4v) is 5.23. The van der Waals surface area contributed by atoms with Crippen LogP contribution in [0, 0.1) is 11.8 Å². The van der Waals surface area contributed by atoms with E-state index in [1.54, 1.807) is 12.1 Å². The molecule has 2 aromatic rings. The van der Waals surface area contributed by atoms with E-state index in [4.69, 9.17) is 0 Å². The number of carbonyl (C=O) groups excluding carboxylic acids is 1. The number of hydrogen-bond acceptors (Lipinski definition) is 5. The highest BCUT2D eigenvalue weighted by Crippen LogP contribution is 2.41. The molecule has 4 rings (SSSR count). The van der Waals surface area contributed by atoms with Crippen molar-refractivity contribution in [3.63, 3.8) is 0 Å². The minimum atomic E-state index is -4.47. The van der Waals surface area contributed by atoms with E-state index in [0.29, 0.717) is 23.4 Å². The second kappa shape index (κ2) is 8.63. The molecule has 2 saturated heterocycles. The maximum atomic E-state index is 13.2. The van der Waals surface area contributed by atoms with Gasteiger partial charge in [-0.25, -0.2) is 4.52 Å². The summed E-state index contributed by atoms with van der Waals surface area (Å²) < 4.78 is 41.2. The molecule has 0 radical (unpaired) electrons. The molecule has 0 saturated carbocycles. The number of likely N-dealkylation sites (N-methyl/N-ethyl adjacent to an activating group) is 1. The van der Waals surface area contributed by atoms with Crippen molar-refractivity contribution in [2.45, 2.75) is 61.1 Å². The number of fused-ring (bicyclic) bond motifs is 3. The molecule has 2 aliphatic heterocycles. The number of aromatic nitrogens is 2. The first-order valence-corrected chi connectivity index (χ1v) is 11.0. The monoisotopic (exact) mass is 451 g/mol. The van der Waals surface area contributed by atoms with Crippen molar-refractivity contribution in [3.05, 3.63) is 23.9 Å². The summed E-state index contributed by atoms with van der Waals surface area (Å²) in [5.41, 5.74) is -4.07. The normalized spacial score (nSPS) is 23.5. The highest BCUT2D eigenvalue weighted by atomic mass is 32.2. The number of carbonyl (C=O) groups is 1. The molecule has 166 valence electrons. The van der Waals surface area contributed by atoms with Gasteiger partial charge in [-0.15, -0.1) is 0 Å². The Morgan fingerprint density at radius 2 is 2.06 bits per heavy atom. The van der Waals surface area contributed by atoms with E-state index in [1.165, 1.54) is 17.9 Å². The smallest absolute Gasteiger partial charge is 0.366 e. The zero-order valence-corrected chi connectivity index (χ0v) is 18.1. The second-order valence-corrected chi connectivity index (χ2v) is 9.01. The predicted molar refractivity (Wildman–Crippen MR) is 114 cm³/mol. The summed E-state index contributed by atoms with van der Waals surface area (Å²) in [6, 6.07) is 6.43. The van der Waals surface area contributed by atoms with Gasteiger partial charge in [0.1, 0.15) is 11.5 Å². The number of pyridine rings is 1. The van der Waals surface area contributed by atoms with Crippen molar-refractivity contribution in [2.75, 3.05) is 18.9 Å². The van der Waals surface area contributed by atoms with Gasteiger partial charge in [0.2, 0.25) is 5.91 Å². The minimum Gasteiger partial charge on any atom is -0.366 e. The van der Waals surface area contributed by atoms with Crippen LogP contribution in [-0.4, -0.2) is 57.6 Å². The van der Waals surface area contributed by atoms with Gasteiger partial charge in [0.05, 0.1) is 17.0 Å². The molecule has 2 aromatic heterocycles. The van der Waals surface area contributed by atoms with E-state index in [0.717, 1.165) is 19.3 Å². The number of amides is 1. The summed E-state index contributed by atoms with van der Waals surface area (Å²) >= 11 is -0.214. The maximum absolute atomic E-state index is 13.2. The molecule has 2 bridgehead atoms. The highest BCUT2D eigenvalue weighted by Gasteiger charge is 2.40. The van der Waals surface area contributed by atoms with Crippen molar-refractivity contribution in [3.8, 4) is 11.8 Å². The third-order valence-electron chi connectivity index (χ3n) is 5.97. The predicted octanol–water partition coefficient (Wildman–Crippen LogP) is 3.47. The van der Waals surface area contributed by atoms with Gasteiger partial charge in [-0.05, 0) is 62.5 Å². The SMILES string of the molecule is CC(=O)NCC#Cc1nn2c(N[C@@H]3CC[C@@H]4CC[C@H]3N4C)cccc2c1SC(F)(F)F. The molecule has 3 atom stereocenters. The quantitative estimate of drug-likeness (QED) is 0.551. The lowest BCUT2D eigenvalue weighted by Gasteiger charge is -2.38. The molecular formula is C21H24F3N5OS. The number of hydrogen-bond donors (Lipinski definition) is 2. The number of nitrogens with one attached hydrogen (secondary N) is 2. The van der Waals surface area contributed by atoms with Crippen molar-refractivity contribution in [2.24, 2.45) is 0 Å². The number of piperidine rings is 1. The molecular weight excluding hydrogens is 427 g/mol. The van der Waals surface area contributed by atoms with Crippen LogP contribution in [0.4, 0.5) is 19.0 Å². The lowest BCUT2D eigenvalue weighted by Crippen LogP contribution is -2.48. The molecule has 4 heterocycles. The lowest BCUT2D eigenvalue weighted by molar-refractivity contribution is -0.118. The van der Waals surface area contributed by atoms with Crippen LogP contribution in [0.15, 0.2) is 23.1 Å². The van der Waals surface area contributed by atoms with Crippen molar-refractivity contribution < 1.29 is 18.0 Å². The number of thioether (sulfide) groups is 1. The van der Waals surface area contributed by atoms with E-state index in [1.807, 2.05) is 6.07 Å². The lowest BCUT2D eigenvalue weighted by atomic mass is 9.98. The minimum absolute atomic E-state index is 0.0341. The average molecular weight is 452 g/mol. The zero-order chi connectivity index (χ0) is 22.2. The Bertz CT molecular complexity index is 1040. The summed E-state index contributed by atoms with van der Waals surface area (Å²) in [5, 5.41) is 10.4. The number of anilines is 1. The van der Waals surface area contributed by atoms with Crippen LogP contribution in [-0.2, 0) is 4.79 Å². The van der Waals surface area contributed by atoms with Crippen LogP contribution in [0.1, 0.15) is 38.3 Å². The van der Waals surface area contributed by atoms with Crippen LogP contribution in [0.25, 0.3) is 5.52 Å². The molecule has 0 spiro atoms. The molecule has 0 aliphatic carbocycles. The zero-order valence-electron chi connectivity index (χ0n) is 17.3. The van der Waals surface area contributed by atoms with Crippen LogP contribution >= 0.6 is 11.8 Å². The standard InChI is InChI=1S/C21H24F3N5OS/c1-13(30)25-12-4-5-16-20(31-21(22,23)24)18-6-3-7-19(29(18)27-16)26-15-10-8-14-9-11-17(15)28(14)2/h3,6-7,14-15,17,26H,8-12H2,1-2H3,(H,25,30)/t14-,15-,17-/m1/s1. The van der Waals surface area contributed by atoms with E-state index in [9.17, 15) is 18.0 Å². The van der Waals surface area contributed by atoms with Crippen LogP contribution in [0.3, 0.4) is 0 Å². The Balaban J connectivity index is 1.67. The summed E-state index contributed by atoms with van der Waals surface area (Å²) in [5.74, 6) is 5.77. The molecule has 1 amide bonds. The van der Waals surface area contributed by atoms with E-state index in [-0.39, 0.29) is 40.8 Å². The van der Waals surface area contributed by atoms with Crippen LogP contribution in [0.5, 0.6) is 0 Å². The number of rotatable bonds is 4. The second-order valence-electron chi connectivity index (χ2n) is 7.94. The van der Waals surface area contributed by atoms with Gasteiger partial charge < -0.3 is 10.6 Å². The number of alkyl halides is 3. The van der Waals surface area contributed by atoms with Crippen LogP contribution in [0.2, 0.25) is 0 Å². The summed E-state index contributed by atoms with van der Waals surface area (Å²) in [6.07, 6.45) is 4.42. The fraction of sp³-hybridized carbons (Fsp3) is 0.524. The van der Waals surface area contributed by atoms with Gasteiger partial charge in [-0.1, -0.05) is 12.0 Å². The first kappa shape index (κ1) is 21.8. The van der Waals surface area contributed by atoms with E-state index in [2.05, 4.69) is 39.5 Å². The van der Waals surface area contributed by atoms with E-state index >= 15 is 0 Å². The summed E-state index contributed by atoms with van der Waals surface area (Å²) in [4.78, 5) is 13.4. The van der Waals surface area contributed by atoms with Crippen molar-refractivity contribution in [1.82, 2.24) is 19.8 Å². The third kappa shape index (κ3) is 4.77. The highest BCUT2D eigenvalue weighted by molar-refractivity contribution is 8.00. The Morgan fingerprint density at radius 3 is 2.81 bits per heavy atom. The Labute approximate surface area is 182 Å². The first-order valence-electron chi connectivity index (χ1n) is 10.2. The molecule has 2 fully saturated rings. The third-order valence-corrected chi connectivity index (χ3v) is 6.80. The maximum Gasteiger partial charge on any atom is 0.446 e. The van der Waals surface area contributed by atoms with Crippen molar-refractivity contribution in [1.29, 1.82) is 0 Å². The molecule has 31 heavy (non-hydrogen) atoms. The molecule has 2 aliphatic rings.